The van der Waals surface area contributed by atoms with Gasteiger partial charge in [-0.1, -0.05) is 18.2 Å². The zero-order valence-corrected chi connectivity index (χ0v) is 15.5. The Labute approximate surface area is 166 Å². The highest BCUT2D eigenvalue weighted by molar-refractivity contribution is 6.11. The summed E-state index contributed by atoms with van der Waals surface area (Å²) in [7, 11) is 0. The fourth-order valence-electron chi connectivity index (χ4n) is 4.44. The van der Waals surface area contributed by atoms with E-state index in [0.717, 1.165) is 22.5 Å². The summed E-state index contributed by atoms with van der Waals surface area (Å²) in [6.07, 6.45) is 4.94. The van der Waals surface area contributed by atoms with Gasteiger partial charge in [0.25, 0.3) is 0 Å². The molecule has 0 unspecified atom stereocenters. The third-order valence-corrected chi connectivity index (χ3v) is 5.75. The molecule has 0 aliphatic carbocycles. The molecule has 3 aliphatic heterocycles. The van der Waals surface area contributed by atoms with Gasteiger partial charge in [-0.15, -0.1) is 0 Å². The molecule has 1 aromatic heterocycles. The maximum atomic E-state index is 13.8. The Hall–Kier alpha value is -3.61. The van der Waals surface area contributed by atoms with Crippen LogP contribution in [0.15, 0.2) is 55.0 Å². The van der Waals surface area contributed by atoms with E-state index in [1.807, 2.05) is 36.4 Å². The minimum atomic E-state index is -0.899. The number of benzene rings is 2. The molecule has 0 saturated carbocycles. The monoisotopic (exact) mass is 387 g/mol. The van der Waals surface area contributed by atoms with E-state index in [4.69, 9.17) is 14.2 Å². The molecule has 4 heterocycles. The number of anilines is 1. The van der Waals surface area contributed by atoms with E-state index in [9.17, 15) is 4.79 Å². The number of rotatable bonds is 2. The SMILES string of the molecule is O=C1N(Cc2cnccn2)c2ccccc2[C@]12COc1cc3c(cc12)OCCO3. The van der Waals surface area contributed by atoms with Crippen molar-refractivity contribution in [2.75, 3.05) is 24.7 Å². The van der Waals surface area contributed by atoms with Gasteiger partial charge in [0.1, 0.15) is 31.0 Å². The van der Waals surface area contributed by atoms with E-state index >= 15 is 0 Å². The van der Waals surface area contributed by atoms with Gasteiger partial charge in [-0.2, -0.15) is 0 Å². The first-order valence-electron chi connectivity index (χ1n) is 9.51. The Morgan fingerprint density at radius 3 is 2.62 bits per heavy atom. The molecule has 0 bridgehead atoms. The smallest absolute Gasteiger partial charge is 0.246 e. The van der Waals surface area contributed by atoms with Crippen LogP contribution in [-0.2, 0) is 16.8 Å². The number of fused-ring (bicyclic) bond motifs is 5. The van der Waals surface area contributed by atoms with Crippen LogP contribution in [0.1, 0.15) is 16.8 Å². The van der Waals surface area contributed by atoms with Crippen LogP contribution in [0.4, 0.5) is 5.69 Å². The van der Waals surface area contributed by atoms with Gasteiger partial charge in [-0.25, -0.2) is 0 Å². The largest absolute Gasteiger partial charge is 0.491 e. The molecular formula is C22H17N3O4. The second-order valence-corrected chi connectivity index (χ2v) is 7.29. The van der Waals surface area contributed by atoms with Crippen LogP contribution in [0, 0.1) is 0 Å². The molecule has 3 aliphatic rings. The Morgan fingerprint density at radius 1 is 0.966 bits per heavy atom. The molecule has 0 fully saturated rings. The van der Waals surface area contributed by atoms with Crippen LogP contribution in [0.5, 0.6) is 17.2 Å². The van der Waals surface area contributed by atoms with Crippen molar-refractivity contribution in [3.63, 3.8) is 0 Å². The Balaban J connectivity index is 1.51. The van der Waals surface area contributed by atoms with Gasteiger partial charge < -0.3 is 19.1 Å². The Bertz CT molecular complexity index is 1130. The minimum absolute atomic E-state index is 0.0280. The van der Waals surface area contributed by atoms with Gasteiger partial charge >= 0.3 is 0 Å². The number of carbonyl (C=O) groups excluding carboxylic acids is 1. The van der Waals surface area contributed by atoms with Gasteiger partial charge in [0.05, 0.1) is 18.4 Å². The minimum Gasteiger partial charge on any atom is -0.491 e. The fourth-order valence-corrected chi connectivity index (χ4v) is 4.44. The average Bonchev–Trinajstić information content (AvgIpc) is 3.25. The topological polar surface area (TPSA) is 73.8 Å². The van der Waals surface area contributed by atoms with Crippen molar-refractivity contribution in [3.8, 4) is 17.2 Å². The molecule has 29 heavy (non-hydrogen) atoms. The van der Waals surface area contributed by atoms with Crippen molar-refractivity contribution in [1.82, 2.24) is 9.97 Å². The quantitative estimate of drug-likeness (QED) is 0.673. The van der Waals surface area contributed by atoms with Gasteiger partial charge in [0, 0.05) is 29.7 Å². The second kappa shape index (κ2) is 5.94. The summed E-state index contributed by atoms with van der Waals surface area (Å²) in [5.41, 5.74) is 2.46. The summed E-state index contributed by atoms with van der Waals surface area (Å²) in [6.45, 7) is 1.59. The van der Waals surface area contributed by atoms with Gasteiger partial charge in [0.2, 0.25) is 5.91 Å². The molecule has 1 spiro atoms. The standard InChI is InChI=1S/C22H17N3O4/c26-21-22(13-29-18-10-20-19(9-16(18)22)27-7-8-28-20)15-3-1-2-4-17(15)25(21)12-14-11-23-5-6-24-14/h1-6,9-11H,7-8,12-13H2/t22-/m0/s1. The lowest BCUT2D eigenvalue weighted by Crippen LogP contribution is -2.42. The van der Waals surface area contributed by atoms with Crippen LogP contribution < -0.4 is 19.1 Å². The van der Waals surface area contributed by atoms with Crippen molar-refractivity contribution in [1.29, 1.82) is 0 Å². The summed E-state index contributed by atoms with van der Waals surface area (Å²) in [6, 6.07) is 11.6. The summed E-state index contributed by atoms with van der Waals surface area (Å²) in [5, 5.41) is 0. The molecule has 144 valence electrons. The van der Waals surface area contributed by atoms with Crippen LogP contribution >= 0.6 is 0 Å². The number of amides is 1. The number of nitrogens with zero attached hydrogens (tertiary/aromatic N) is 3. The number of ether oxygens (including phenoxy) is 3. The van der Waals surface area contributed by atoms with E-state index in [2.05, 4.69) is 9.97 Å². The molecule has 0 radical (unpaired) electrons. The number of hydrogen-bond donors (Lipinski definition) is 0. The highest BCUT2D eigenvalue weighted by Crippen LogP contribution is 2.54. The number of carbonyl (C=O) groups is 1. The molecule has 0 saturated heterocycles. The van der Waals surface area contributed by atoms with E-state index in [1.165, 1.54) is 0 Å². The molecule has 7 nitrogen and oxygen atoms in total. The first-order valence-corrected chi connectivity index (χ1v) is 9.51. The van der Waals surface area contributed by atoms with Crippen molar-refractivity contribution >= 4 is 11.6 Å². The van der Waals surface area contributed by atoms with E-state index in [1.54, 1.807) is 23.5 Å². The Morgan fingerprint density at radius 2 is 1.79 bits per heavy atom. The van der Waals surface area contributed by atoms with Gasteiger partial charge in [0.15, 0.2) is 11.5 Å². The van der Waals surface area contributed by atoms with E-state index in [0.29, 0.717) is 37.0 Å². The van der Waals surface area contributed by atoms with Crippen molar-refractivity contribution < 1.29 is 19.0 Å². The number of para-hydroxylation sites is 1. The molecule has 2 aromatic carbocycles. The Kier molecular flexibility index (Phi) is 3.35. The number of aromatic nitrogens is 2. The lowest BCUT2D eigenvalue weighted by Gasteiger charge is -2.24. The molecule has 3 aromatic rings. The van der Waals surface area contributed by atoms with Gasteiger partial charge in [-0.05, 0) is 17.7 Å². The summed E-state index contributed by atoms with van der Waals surface area (Å²) < 4.78 is 17.5. The lowest BCUT2D eigenvalue weighted by molar-refractivity contribution is -0.122. The predicted molar refractivity (Wildman–Crippen MR) is 103 cm³/mol. The summed E-state index contributed by atoms with van der Waals surface area (Å²) in [5.74, 6) is 1.94. The zero-order valence-electron chi connectivity index (χ0n) is 15.5. The van der Waals surface area contributed by atoms with Crippen molar-refractivity contribution in [3.05, 3.63) is 71.8 Å². The molecular weight excluding hydrogens is 370 g/mol. The highest BCUT2D eigenvalue weighted by Gasteiger charge is 2.57. The van der Waals surface area contributed by atoms with E-state index in [-0.39, 0.29) is 12.5 Å². The maximum absolute atomic E-state index is 13.8. The third kappa shape index (κ3) is 2.21. The van der Waals surface area contributed by atoms with Crippen LogP contribution in [0.25, 0.3) is 0 Å². The third-order valence-electron chi connectivity index (χ3n) is 5.75. The highest BCUT2D eigenvalue weighted by atomic mass is 16.6. The van der Waals surface area contributed by atoms with E-state index < -0.39 is 5.41 Å². The molecule has 1 atom stereocenters. The second-order valence-electron chi connectivity index (χ2n) is 7.29. The van der Waals surface area contributed by atoms with Crippen LogP contribution in [-0.4, -0.2) is 35.7 Å². The molecule has 6 rings (SSSR count). The van der Waals surface area contributed by atoms with Gasteiger partial charge in [-0.3, -0.25) is 14.8 Å². The first kappa shape index (κ1) is 16.4. The van der Waals surface area contributed by atoms with Crippen LogP contribution in [0.3, 0.4) is 0 Å². The normalized spacial score (nSPS) is 21.1. The maximum Gasteiger partial charge on any atom is 0.246 e. The lowest BCUT2D eigenvalue weighted by atomic mass is 9.77. The average molecular weight is 387 g/mol. The zero-order chi connectivity index (χ0) is 19.4. The molecule has 1 amide bonds. The summed E-state index contributed by atoms with van der Waals surface area (Å²) in [4.78, 5) is 24.1. The first-order chi connectivity index (χ1) is 14.3. The molecule has 0 N–H and O–H groups in total. The van der Waals surface area contributed by atoms with Crippen LogP contribution in [0.2, 0.25) is 0 Å². The number of hydrogen-bond acceptors (Lipinski definition) is 6. The van der Waals surface area contributed by atoms with Crippen molar-refractivity contribution in [2.24, 2.45) is 0 Å². The fraction of sp³-hybridized carbons (Fsp3) is 0.227. The molecule has 7 heteroatoms. The predicted octanol–water partition coefficient (Wildman–Crippen LogP) is 2.47. The van der Waals surface area contributed by atoms with Crippen molar-refractivity contribution in [2.45, 2.75) is 12.0 Å². The summed E-state index contributed by atoms with van der Waals surface area (Å²) >= 11 is 0.